The SMILES string of the molecule is CCS(=O)(=O)CC(C)COc1ccc(C(C)(C)c2ccc(OCC(CCl)OC(C)=O)c(Cl)c2)cc1Cl. The summed E-state index contributed by atoms with van der Waals surface area (Å²) >= 11 is 18.8. The summed E-state index contributed by atoms with van der Waals surface area (Å²) in [5.74, 6) is 0.670. The fourth-order valence-electron chi connectivity index (χ4n) is 3.54. The molecule has 6 nitrogen and oxygen atoms in total. The van der Waals surface area contributed by atoms with E-state index in [1.165, 1.54) is 6.92 Å². The van der Waals surface area contributed by atoms with Gasteiger partial charge < -0.3 is 14.2 Å². The van der Waals surface area contributed by atoms with Crippen LogP contribution >= 0.6 is 34.8 Å². The Labute approximate surface area is 229 Å². The van der Waals surface area contributed by atoms with Gasteiger partial charge in [-0.1, -0.05) is 63.0 Å². The van der Waals surface area contributed by atoms with Crippen LogP contribution in [-0.2, 0) is 24.8 Å². The maximum atomic E-state index is 11.8. The van der Waals surface area contributed by atoms with Crippen LogP contribution in [0.25, 0.3) is 0 Å². The maximum absolute atomic E-state index is 11.8. The van der Waals surface area contributed by atoms with Gasteiger partial charge in [0.15, 0.2) is 0 Å². The predicted octanol–water partition coefficient (Wildman–Crippen LogP) is 6.32. The molecule has 0 amide bonds. The van der Waals surface area contributed by atoms with Crippen molar-refractivity contribution < 1.29 is 27.4 Å². The smallest absolute Gasteiger partial charge is 0.303 e. The summed E-state index contributed by atoms with van der Waals surface area (Å²) in [7, 11) is -3.07. The van der Waals surface area contributed by atoms with Gasteiger partial charge in [0.05, 0.1) is 28.3 Å². The van der Waals surface area contributed by atoms with Crippen molar-refractivity contribution in [1.29, 1.82) is 0 Å². The molecule has 0 saturated carbocycles. The summed E-state index contributed by atoms with van der Waals surface area (Å²) in [5, 5.41) is 0.855. The fraction of sp³-hybridized carbons (Fsp3) is 0.500. The number of alkyl halides is 1. The molecule has 10 heteroatoms. The molecule has 0 aromatic heterocycles. The minimum Gasteiger partial charge on any atom is -0.492 e. The molecule has 0 aliphatic heterocycles. The van der Waals surface area contributed by atoms with Crippen LogP contribution in [0.4, 0.5) is 0 Å². The lowest BCUT2D eigenvalue weighted by molar-refractivity contribution is -0.146. The number of halogens is 3. The van der Waals surface area contributed by atoms with Crippen LogP contribution in [0.5, 0.6) is 11.5 Å². The van der Waals surface area contributed by atoms with Crippen molar-refractivity contribution >= 4 is 50.6 Å². The van der Waals surface area contributed by atoms with E-state index >= 15 is 0 Å². The summed E-state index contributed by atoms with van der Waals surface area (Å²) in [4.78, 5) is 11.2. The lowest BCUT2D eigenvalue weighted by Gasteiger charge is -2.27. The zero-order valence-corrected chi connectivity index (χ0v) is 24.2. The van der Waals surface area contributed by atoms with E-state index < -0.39 is 27.3 Å². The van der Waals surface area contributed by atoms with E-state index in [1.807, 2.05) is 45.0 Å². The summed E-state index contributed by atoms with van der Waals surface area (Å²) in [6.45, 7) is 9.22. The number of rotatable bonds is 13. The topological polar surface area (TPSA) is 78.9 Å². The molecule has 2 aromatic carbocycles. The minimum absolute atomic E-state index is 0.0724. The molecule has 0 N–H and O–H groups in total. The Kier molecular flexibility index (Phi) is 11.2. The second-order valence-electron chi connectivity index (χ2n) is 9.23. The van der Waals surface area contributed by atoms with E-state index in [2.05, 4.69) is 0 Å². The zero-order chi connectivity index (χ0) is 27.1. The third-order valence-corrected chi connectivity index (χ3v) is 8.63. The Hall–Kier alpha value is -1.67. The van der Waals surface area contributed by atoms with E-state index in [9.17, 15) is 13.2 Å². The second kappa shape index (κ2) is 13.2. The highest BCUT2D eigenvalue weighted by molar-refractivity contribution is 7.91. The fourth-order valence-corrected chi connectivity index (χ4v) is 5.36. The second-order valence-corrected chi connectivity index (χ2v) is 12.7. The average Bonchev–Trinajstić information content (AvgIpc) is 2.80. The van der Waals surface area contributed by atoms with Gasteiger partial charge in [-0.25, -0.2) is 8.42 Å². The van der Waals surface area contributed by atoms with E-state index in [1.54, 1.807) is 19.1 Å². The van der Waals surface area contributed by atoms with Crippen molar-refractivity contribution in [3.63, 3.8) is 0 Å². The van der Waals surface area contributed by atoms with Crippen molar-refractivity contribution in [3.8, 4) is 11.5 Å². The van der Waals surface area contributed by atoms with E-state index in [0.717, 1.165) is 11.1 Å². The Bertz CT molecular complexity index is 1150. The van der Waals surface area contributed by atoms with Gasteiger partial charge in [0.1, 0.15) is 34.0 Å². The van der Waals surface area contributed by atoms with Gasteiger partial charge in [0, 0.05) is 24.0 Å². The van der Waals surface area contributed by atoms with Gasteiger partial charge in [-0.15, -0.1) is 11.6 Å². The third-order valence-electron chi connectivity index (χ3n) is 5.74. The Morgan fingerprint density at radius 1 is 0.972 bits per heavy atom. The summed E-state index contributed by atoms with van der Waals surface area (Å²) in [5.41, 5.74) is 1.45. The molecule has 0 heterocycles. The van der Waals surface area contributed by atoms with Gasteiger partial charge in [-0.3, -0.25) is 4.79 Å². The average molecular weight is 580 g/mol. The van der Waals surface area contributed by atoms with Gasteiger partial charge in [0.25, 0.3) is 0 Å². The Balaban J connectivity index is 2.11. The zero-order valence-electron chi connectivity index (χ0n) is 21.1. The number of hydrogen-bond donors (Lipinski definition) is 0. The quantitative estimate of drug-likeness (QED) is 0.204. The minimum atomic E-state index is -3.07. The van der Waals surface area contributed by atoms with Crippen molar-refractivity contribution in [1.82, 2.24) is 0 Å². The Morgan fingerprint density at radius 2 is 1.47 bits per heavy atom. The van der Waals surface area contributed by atoms with Crippen LogP contribution in [0.2, 0.25) is 10.0 Å². The van der Waals surface area contributed by atoms with Gasteiger partial charge in [0.2, 0.25) is 0 Å². The molecule has 0 spiro atoms. The van der Waals surface area contributed by atoms with Gasteiger partial charge in [-0.2, -0.15) is 0 Å². The van der Waals surface area contributed by atoms with Crippen LogP contribution in [0.15, 0.2) is 36.4 Å². The monoisotopic (exact) mass is 578 g/mol. The van der Waals surface area contributed by atoms with Crippen LogP contribution in [0.1, 0.15) is 45.7 Å². The highest BCUT2D eigenvalue weighted by Crippen LogP contribution is 2.38. The van der Waals surface area contributed by atoms with Gasteiger partial charge in [-0.05, 0) is 35.4 Å². The molecular weight excluding hydrogens is 547 g/mol. The summed E-state index contributed by atoms with van der Waals surface area (Å²) < 4.78 is 40.2. The van der Waals surface area contributed by atoms with Crippen molar-refractivity contribution in [3.05, 3.63) is 57.6 Å². The molecule has 0 saturated heterocycles. The first-order valence-corrected chi connectivity index (χ1v) is 14.7. The highest BCUT2D eigenvalue weighted by atomic mass is 35.5. The lowest BCUT2D eigenvalue weighted by atomic mass is 9.78. The molecule has 0 radical (unpaired) electrons. The molecule has 0 bridgehead atoms. The molecule has 0 fully saturated rings. The summed E-state index contributed by atoms with van der Waals surface area (Å²) in [6.07, 6.45) is -0.571. The number of hydrogen-bond acceptors (Lipinski definition) is 6. The molecular formula is C26H33Cl3O6S. The molecule has 0 aliphatic rings. The first-order chi connectivity index (χ1) is 16.8. The predicted molar refractivity (Wildman–Crippen MR) is 146 cm³/mol. The number of carbonyl (C=O) groups is 1. The Morgan fingerprint density at radius 3 is 1.89 bits per heavy atom. The summed E-state index contributed by atoms with van der Waals surface area (Å²) in [6, 6.07) is 11.1. The number of benzene rings is 2. The van der Waals surface area contributed by atoms with E-state index in [-0.39, 0.29) is 36.5 Å². The number of carbonyl (C=O) groups excluding carboxylic acids is 1. The number of sulfone groups is 1. The highest BCUT2D eigenvalue weighted by Gasteiger charge is 2.26. The van der Waals surface area contributed by atoms with Crippen molar-refractivity contribution in [2.75, 3.05) is 30.6 Å². The first kappa shape index (κ1) is 30.6. The molecule has 2 unspecified atom stereocenters. The van der Waals surface area contributed by atoms with Crippen LogP contribution in [0.3, 0.4) is 0 Å². The molecule has 2 rings (SSSR count). The van der Waals surface area contributed by atoms with Crippen molar-refractivity contribution in [2.45, 2.75) is 46.1 Å². The van der Waals surface area contributed by atoms with Crippen LogP contribution in [0, 0.1) is 5.92 Å². The molecule has 200 valence electrons. The van der Waals surface area contributed by atoms with E-state index in [0.29, 0.717) is 21.5 Å². The molecule has 36 heavy (non-hydrogen) atoms. The largest absolute Gasteiger partial charge is 0.492 e. The number of esters is 1. The third kappa shape index (κ3) is 8.72. The molecule has 2 aromatic rings. The van der Waals surface area contributed by atoms with Crippen molar-refractivity contribution in [2.24, 2.45) is 5.92 Å². The number of ether oxygens (including phenoxy) is 3. The van der Waals surface area contributed by atoms with Crippen LogP contribution < -0.4 is 9.47 Å². The first-order valence-electron chi connectivity index (χ1n) is 11.6. The lowest BCUT2D eigenvalue weighted by Crippen LogP contribution is -2.25. The standard InChI is InChI=1S/C26H33Cl3O6S/c1-6-36(31,32)16-17(2)14-33-24-9-7-19(11-22(24)28)26(4,5)20-8-10-25(23(29)12-20)34-15-21(13-27)35-18(3)30/h7-12,17,21H,6,13-16H2,1-5H3. The van der Waals surface area contributed by atoms with E-state index in [4.69, 9.17) is 49.0 Å². The molecule has 2 atom stereocenters. The maximum Gasteiger partial charge on any atom is 0.303 e. The normalized spacial score (nSPS) is 13.7. The van der Waals surface area contributed by atoms with Gasteiger partial charge >= 0.3 is 5.97 Å². The van der Waals surface area contributed by atoms with Crippen LogP contribution in [-0.4, -0.2) is 51.1 Å². The molecule has 0 aliphatic carbocycles.